The van der Waals surface area contributed by atoms with Crippen LogP contribution in [0.3, 0.4) is 0 Å². The molecule has 0 N–H and O–H groups in total. The van der Waals surface area contributed by atoms with Gasteiger partial charge in [0.05, 0.1) is 18.9 Å². The number of rotatable bonds is 7. The first kappa shape index (κ1) is 26.8. The minimum absolute atomic E-state index is 0.0103. The molecule has 1 aliphatic rings. The standard InChI is InChI=1S/C32H35N3O4/c1-6-35-28-13-11-23(22(3)33-39-31(37)32(4,5)34-15-17-38-18-16-34)19-26(28)27-20-24(12-14-29(27)35)30(36)25-10-8-7-9-21(25)2/h7-14,19-20H,6,15-18H2,1-5H3/b33-22+. The van der Waals surface area contributed by atoms with Crippen LogP contribution < -0.4 is 0 Å². The number of carbonyl (C=O) groups excluding carboxylic acids is 2. The monoisotopic (exact) mass is 525 g/mol. The van der Waals surface area contributed by atoms with E-state index in [2.05, 4.69) is 33.7 Å². The highest BCUT2D eigenvalue weighted by Crippen LogP contribution is 2.32. The summed E-state index contributed by atoms with van der Waals surface area (Å²) in [5.74, 6) is -0.386. The van der Waals surface area contributed by atoms with Gasteiger partial charge in [0.15, 0.2) is 5.78 Å². The molecule has 0 bridgehead atoms. The lowest BCUT2D eigenvalue weighted by molar-refractivity contribution is -0.159. The number of morpholine rings is 1. The normalized spacial score (nSPS) is 15.2. The molecule has 7 nitrogen and oxygen atoms in total. The Labute approximate surface area is 229 Å². The zero-order valence-corrected chi connectivity index (χ0v) is 23.3. The Morgan fingerprint density at radius 3 is 2.21 bits per heavy atom. The van der Waals surface area contributed by atoms with Crippen molar-refractivity contribution >= 4 is 39.3 Å². The average molecular weight is 526 g/mol. The summed E-state index contributed by atoms with van der Waals surface area (Å²) in [6.07, 6.45) is 0. The molecule has 2 heterocycles. The largest absolute Gasteiger partial charge is 0.379 e. The van der Waals surface area contributed by atoms with Gasteiger partial charge in [0, 0.05) is 52.6 Å². The summed E-state index contributed by atoms with van der Waals surface area (Å²) in [5, 5.41) is 6.24. The summed E-state index contributed by atoms with van der Waals surface area (Å²) in [6, 6.07) is 19.7. The second-order valence-corrected chi connectivity index (χ2v) is 10.6. The first-order valence-electron chi connectivity index (χ1n) is 13.5. The van der Waals surface area contributed by atoms with Crippen LogP contribution in [0.2, 0.25) is 0 Å². The number of oxime groups is 1. The maximum absolute atomic E-state index is 13.4. The second kappa shape index (κ2) is 10.8. The van der Waals surface area contributed by atoms with Crippen molar-refractivity contribution in [2.45, 2.75) is 46.7 Å². The van der Waals surface area contributed by atoms with E-state index in [-0.39, 0.29) is 5.78 Å². The van der Waals surface area contributed by atoms with Crippen molar-refractivity contribution in [3.8, 4) is 0 Å². The zero-order valence-electron chi connectivity index (χ0n) is 23.3. The number of hydrogen-bond donors (Lipinski definition) is 0. The van der Waals surface area contributed by atoms with Gasteiger partial charge >= 0.3 is 5.97 Å². The molecule has 0 unspecified atom stereocenters. The van der Waals surface area contributed by atoms with Crippen molar-refractivity contribution in [1.29, 1.82) is 0 Å². The Balaban J connectivity index is 1.48. The first-order chi connectivity index (χ1) is 18.7. The molecule has 0 atom stereocenters. The molecule has 3 aromatic carbocycles. The average Bonchev–Trinajstić information content (AvgIpc) is 3.28. The minimum atomic E-state index is -0.799. The molecule has 1 saturated heterocycles. The molecule has 0 amide bonds. The van der Waals surface area contributed by atoms with Gasteiger partial charge in [0.1, 0.15) is 5.54 Å². The van der Waals surface area contributed by atoms with E-state index in [1.807, 2.05) is 76.2 Å². The smallest absolute Gasteiger partial charge is 0.354 e. The Bertz CT molecular complexity index is 1590. The highest BCUT2D eigenvalue weighted by molar-refractivity contribution is 6.16. The van der Waals surface area contributed by atoms with Gasteiger partial charge < -0.3 is 14.1 Å². The predicted molar refractivity (Wildman–Crippen MR) is 155 cm³/mol. The highest BCUT2D eigenvalue weighted by Gasteiger charge is 2.37. The lowest BCUT2D eigenvalue weighted by Crippen LogP contribution is -2.54. The molecular formula is C32H35N3O4. The maximum atomic E-state index is 13.4. The van der Waals surface area contributed by atoms with Crippen LogP contribution in [0.4, 0.5) is 0 Å². The molecule has 1 aromatic heterocycles. The van der Waals surface area contributed by atoms with Crippen LogP contribution in [0.25, 0.3) is 21.8 Å². The van der Waals surface area contributed by atoms with Gasteiger partial charge in [0.2, 0.25) is 0 Å². The highest BCUT2D eigenvalue weighted by atomic mass is 16.7. The Morgan fingerprint density at radius 1 is 0.949 bits per heavy atom. The first-order valence-corrected chi connectivity index (χ1v) is 13.5. The maximum Gasteiger partial charge on any atom is 0.354 e. The van der Waals surface area contributed by atoms with Crippen LogP contribution in [-0.4, -0.2) is 58.8 Å². The molecule has 1 aliphatic heterocycles. The van der Waals surface area contributed by atoms with E-state index in [1.54, 1.807) is 0 Å². The molecule has 1 fully saturated rings. The van der Waals surface area contributed by atoms with Crippen molar-refractivity contribution in [3.05, 3.63) is 82.9 Å². The van der Waals surface area contributed by atoms with Crippen LogP contribution in [0.15, 0.2) is 65.8 Å². The van der Waals surface area contributed by atoms with Crippen LogP contribution in [0.5, 0.6) is 0 Å². The number of aromatic nitrogens is 1. The SMILES string of the molecule is CCn1c2ccc(C(=O)c3ccccc3C)cc2c2cc(/C(C)=N/OC(=O)C(C)(C)N3CCOCC3)ccc21. The van der Waals surface area contributed by atoms with E-state index in [4.69, 9.17) is 9.57 Å². The summed E-state index contributed by atoms with van der Waals surface area (Å²) in [4.78, 5) is 33.8. The molecule has 7 heteroatoms. The molecule has 39 heavy (non-hydrogen) atoms. The van der Waals surface area contributed by atoms with Gasteiger partial charge in [-0.1, -0.05) is 35.5 Å². The van der Waals surface area contributed by atoms with Crippen molar-refractivity contribution in [2.75, 3.05) is 26.3 Å². The lowest BCUT2D eigenvalue weighted by atomic mass is 9.97. The number of nitrogens with zero attached hydrogens (tertiary/aromatic N) is 3. The number of ether oxygens (including phenoxy) is 1. The van der Waals surface area contributed by atoms with E-state index >= 15 is 0 Å². The van der Waals surface area contributed by atoms with Crippen molar-refractivity contribution < 1.29 is 19.2 Å². The lowest BCUT2D eigenvalue weighted by Gasteiger charge is -2.37. The summed E-state index contributed by atoms with van der Waals surface area (Å²) < 4.78 is 7.66. The quantitative estimate of drug-likeness (QED) is 0.133. The second-order valence-electron chi connectivity index (χ2n) is 10.6. The van der Waals surface area contributed by atoms with Gasteiger partial charge in [0.25, 0.3) is 0 Å². The summed E-state index contributed by atoms with van der Waals surface area (Å²) >= 11 is 0. The summed E-state index contributed by atoms with van der Waals surface area (Å²) in [7, 11) is 0. The number of carbonyl (C=O) groups is 2. The van der Waals surface area contributed by atoms with Crippen LogP contribution in [-0.2, 0) is 20.9 Å². The van der Waals surface area contributed by atoms with Crippen molar-refractivity contribution in [2.24, 2.45) is 5.16 Å². The summed E-state index contributed by atoms with van der Waals surface area (Å²) in [5.41, 5.74) is 5.13. The summed E-state index contributed by atoms with van der Waals surface area (Å²) in [6.45, 7) is 13.0. The number of fused-ring (bicyclic) bond motifs is 3. The minimum Gasteiger partial charge on any atom is -0.379 e. The molecule has 202 valence electrons. The van der Waals surface area contributed by atoms with Gasteiger partial charge in [-0.25, -0.2) is 4.79 Å². The van der Waals surface area contributed by atoms with E-state index in [1.165, 1.54) is 0 Å². The van der Waals surface area contributed by atoms with Crippen molar-refractivity contribution in [3.63, 3.8) is 0 Å². The topological polar surface area (TPSA) is 73.1 Å². The molecule has 0 radical (unpaired) electrons. The van der Waals surface area contributed by atoms with E-state index < -0.39 is 11.5 Å². The van der Waals surface area contributed by atoms with Gasteiger partial charge in [-0.2, -0.15) is 0 Å². The third kappa shape index (κ3) is 5.00. The van der Waals surface area contributed by atoms with Crippen LogP contribution in [0, 0.1) is 6.92 Å². The Hall–Kier alpha value is -3.81. The van der Waals surface area contributed by atoms with Crippen molar-refractivity contribution in [1.82, 2.24) is 9.47 Å². The molecular weight excluding hydrogens is 490 g/mol. The number of aryl methyl sites for hydroxylation is 2. The van der Waals surface area contributed by atoms with Crippen LogP contribution in [0.1, 0.15) is 54.7 Å². The third-order valence-electron chi connectivity index (χ3n) is 7.82. The van der Waals surface area contributed by atoms with Gasteiger partial charge in [-0.3, -0.25) is 9.69 Å². The van der Waals surface area contributed by atoms with Gasteiger partial charge in [-0.05, 0) is 76.1 Å². The zero-order chi connectivity index (χ0) is 27.7. The fourth-order valence-corrected chi connectivity index (χ4v) is 5.32. The third-order valence-corrected chi connectivity index (χ3v) is 7.82. The van der Waals surface area contributed by atoms with Gasteiger partial charge in [-0.15, -0.1) is 0 Å². The Kier molecular flexibility index (Phi) is 7.38. The number of ketones is 1. The van der Waals surface area contributed by atoms with E-state index in [0.29, 0.717) is 43.1 Å². The Morgan fingerprint density at radius 2 is 1.56 bits per heavy atom. The molecule has 0 saturated carbocycles. The fraction of sp³-hybridized carbons (Fsp3) is 0.344. The molecule has 4 aromatic rings. The number of benzene rings is 3. The molecule has 5 rings (SSSR count). The van der Waals surface area contributed by atoms with E-state index in [9.17, 15) is 9.59 Å². The molecule has 0 aliphatic carbocycles. The fourth-order valence-electron chi connectivity index (χ4n) is 5.32. The predicted octanol–water partition coefficient (Wildman–Crippen LogP) is 5.73. The molecule has 0 spiro atoms. The van der Waals surface area contributed by atoms with E-state index in [0.717, 1.165) is 39.5 Å². The number of hydrogen-bond acceptors (Lipinski definition) is 6. The van der Waals surface area contributed by atoms with Crippen LogP contribution >= 0.6 is 0 Å².